The van der Waals surface area contributed by atoms with Gasteiger partial charge in [-0.25, -0.2) is 4.98 Å². The van der Waals surface area contributed by atoms with Gasteiger partial charge in [-0.15, -0.1) is 0 Å². The number of aromatic nitrogens is 3. The van der Waals surface area contributed by atoms with Crippen molar-refractivity contribution < 1.29 is 13.6 Å². The molecular formula is C32H30N7O3S-. The highest BCUT2D eigenvalue weighted by molar-refractivity contribution is 7.79. The monoisotopic (exact) mass is 592 g/mol. The van der Waals surface area contributed by atoms with Crippen molar-refractivity contribution in [3.8, 4) is 11.1 Å². The van der Waals surface area contributed by atoms with Gasteiger partial charge in [0, 0.05) is 62.1 Å². The summed E-state index contributed by atoms with van der Waals surface area (Å²) in [6.45, 7) is 4.56. The maximum absolute atomic E-state index is 12.8. The quantitative estimate of drug-likeness (QED) is 0.238. The summed E-state index contributed by atoms with van der Waals surface area (Å²) in [5, 5.41) is 5.66. The third-order valence-electron chi connectivity index (χ3n) is 7.35. The minimum absolute atomic E-state index is 0.224. The lowest BCUT2D eigenvalue weighted by molar-refractivity contribution is 0.102. The molecule has 0 saturated carbocycles. The lowest BCUT2D eigenvalue weighted by Crippen LogP contribution is -2.46. The van der Waals surface area contributed by atoms with Gasteiger partial charge >= 0.3 is 0 Å². The number of carbonyl (C=O) groups is 1. The molecule has 10 nitrogen and oxygen atoms in total. The first-order valence-electron chi connectivity index (χ1n) is 13.9. The summed E-state index contributed by atoms with van der Waals surface area (Å²) in [6.07, 6.45) is 5.58. The fourth-order valence-corrected chi connectivity index (χ4v) is 5.37. The Kier molecular flexibility index (Phi) is 8.64. The first-order valence-corrected chi connectivity index (χ1v) is 15.2. The molecule has 1 unspecified atom stereocenters. The van der Waals surface area contributed by atoms with Crippen molar-refractivity contribution in [3.63, 3.8) is 0 Å². The van der Waals surface area contributed by atoms with Crippen LogP contribution in [0.15, 0.2) is 97.5 Å². The van der Waals surface area contributed by atoms with Crippen LogP contribution >= 0.6 is 0 Å². The minimum atomic E-state index is -2.23. The number of carbonyl (C=O) groups excluding carboxylic acids is 1. The summed E-state index contributed by atoms with van der Waals surface area (Å²) in [7, 11) is 0. The predicted octanol–water partition coefficient (Wildman–Crippen LogP) is 4.51. The number of hydrogen-bond donors (Lipinski definition) is 2. The van der Waals surface area contributed by atoms with Crippen molar-refractivity contribution in [2.45, 2.75) is 6.54 Å². The Hall–Kier alpha value is -4.71. The summed E-state index contributed by atoms with van der Waals surface area (Å²) < 4.78 is 21.6. The Labute approximate surface area is 252 Å². The van der Waals surface area contributed by atoms with Gasteiger partial charge in [-0.2, -0.15) is 0 Å². The lowest BCUT2D eigenvalue weighted by atomic mass is 10.0. The summed E-state index contributed by atoms with van der Waals surface area (Å²) in [5.41, 5.74) is 6.52. The molecule has 1 amide bonds. The standard InChI is InChI=1S/C32H31N7O3S/c40-32(26-4-1-5-28(17-26)35-22-43(41)42)36-27-9-6-24(7-10-27)25-8-11-29-30(18-25)37-31(20-34-29)39-15-13-38(14-16-39)21-23-3-2-12-33-19-23/h1-12,17-20,35H,13-16,21-22H2,(H,36,40)(H,41,42)/p-1. The SMILES string of the molecule is O=C(Nc1ccc(-c2ccc3ncc(N4CCN(Cc5cccnc5)CC4)nc3c2)cc1)c1cccc(NCS(=O)[O-])c1. The number of fused-ring (bicyclic) bond motifs is 1. The van der Waals surface area contributed by atoms with Crippen molar-refractivity contribution >= 4 is 45.2 Å². The first-order chi connectivity index (χ1) is 21.0. The van der Waals surface area contributed by atoms with Gasteiger partial charge in [0.15, 0.2) is 0 Å². The molecule has 1 atom stereocenters. The molecule has 6 rings (SSSR count). The predicted molar refractivity (Wildman–Crippen MR) is 169 cm³/mol. The highest BCUT2D eigenvalue weighted by Gasteiger charge is 2.19. The first kappa shape index (κ1) is 28.4. The van der Waals surface area contributed by atoms with Gasteiger partial charge in [-0.1, -0.05) is 30.3 Å². The van der Waals surface area contributed by atoms with E-state index in [4.69, 9.17) is 4.98 Å². The van der Waals surface area contributed by atoms with Crippen LogP contribution in [0.25, 0.3) is 22.2 Å². The number of rotatable bonds is 9. The second-order valence-electron chi connectivity index (χ2n) is 10.3. The molecule has 1 aliphatic heterocycles. The highest BCUT2D eigenvalue weighted by atomic mass is 32.2. The molecule has 218 valence electrons. The average molecular weight is 593 g/mol. The van der Waals surface area contributed by atoms with E-state index in [0.29, 0.717) is 16.9 Å². The molecule has 3 aromatic carbocycles. The average Bonchev–Trinajstić information content (AvgIpc) is 3.04. The van der Waals surface area contributed by atoms with Gasteiger partial charge < -0.3 is 20.1 Å². The van der Waals surface area contributed by atoms with Crippen molar-refractivity contribution in [3.05, 3.63) is 109 Å². The maximum Gasteiger partial charge on any atom is 0.255 e. The van der Waals surface area contributed by atoms with Gasteiger partial charge in [-0.05, 0) is 76.3 Å². The maximum atomic E-state index is 12.8. The largest absolute Gasteiger partial charge is 0.771 e. The third kappa shape index (κ3) is 7.20. The normalized spacial score (nSPS) is 14.4. The number of anilines is 3. The molecule has 43 heavy (non-hydrogen) atoms. The van der Waals surface area contributed by atoms with E-state index in [1.165, 1.54) is 5.56 Å². The molecule has 3 heterocycles. The van der Waals surface area contributed by atoms with Crippen LogP contribution in [-0.2, 0) is 17.6 Å². The molecule has 2 aromatic heterocycles. The minimum Gasteiger partial charge on any atom is -0.771 e. The highest BCUT2D eigenvalue weighted by Crippen LogP contribution is 2.26. The van der Waals surface area contributed by atoms with E-state index in [9.17, 15) is 13.6 Å². The van der Waals surface area contributed by atoms with Crippen LogP contribution in [0.2, 0.25) is 0 Å². The van der Waals surface area contributed by atoms with Gasteiger partial charge in [0.05, 0.1) is 23.1 Å². The number of hydrogen-bond acceptors (Lipinski definition) is 9. The van der Waals surface area contributed by atoms with Gasteiger partial charge in [-0.3, -0.25) is 23.9 Å². The number of nitrogens with one attached hydrogen (secondary N) is 2. The van der Waals surface area contributed by atoms with Crippen LogP contribution in [0.3, 0.4) is 0 Å². The van der Waals surface area contributed by atoms with Gasteiger partial charge in [0.1, 0.15) is 5.82 Å². The van der Waals surface area contributed by atoms with Crippen LogP contribution in [0.1, 0.15) is 15.9 Å². The Morgan fingerprint density at radius 2 is 1.67 bits per heavy atom. The molecule has 2 N–H and O–H groups in total. The van der Waals surface area contributed by atoms with Crippen LogP contribution in [0.4, 0.5) is 17.2 Å². The van der Waals surface area contributed by atoms with E-state index in [1.54, 1.807) is 30.5 Å². The number of piperazine rings is 1. The van der Waals surface area contributed by atoms with E-state index in [-0.39, 0.29) is 11.8 Å². The van der Waals surface area contributed by atoms with Crippen molar-refractivity contribution in [1.82, 2.24) is 19.9 Å². The van der Waals surface area contributed by atoms with E-state index in [0.717, 1.165) is 60.7 Å². The van der Waals surface area contributed by atoms with Crippen molar-refractivity contribution in [2.24, 2.45) is 0 Å². The van der Waals surface area contributed by atoms with Crippen LogP contribution < -0.4 is 15.5 Å². The van der Waals surface area contributed by atoms with Gasteiger partial charge in [0.25, 0.3) is 5.91 Å². The van der Waals surface area contributed by atoms with Crippen molar-refractivity contribution in [2.75, 3.05) is 47.6 Å². The Bertz CT molecular complexity index is 1740. The van der Waals surface area contributed by atoms with Crippen LogP contribution in [0.5, 0.6) is 0 Å². The zero-order chi connectivity index (χ0) is 29.6. The molecule has 0 radical (unpaired) electrons. The molecular weight excluding hydrogens is 562 g/mol. The van der Waals surface area contributed by atoms with Crippen LogP contribution in [-0.4, -0.2) is 66.6 Å². The van der Waals surface area contributed by atoms with E-state index in [1.807, 2.05) is 60.9 Å². The Balaban J connectivity index is 1.10. The number of amides is 1. The topological polar surface area (TPSA) is 126 Å². The van der Waals surface area contributed by atoms with Crippen molar-refractivity contribution in [1.29, 1.82) is 0 Å². The fraction of sp³-hybridized carbons (Fsp3) is 0.188. The van der Waals surface area contributed by atoms with E-state index < -0.39 is 11.1 Å². The molecule has 1 saturated heterocycles. The summed E-state index contributed by atoms with van der Waals surface area (Å²) >= 11 is -2.23. The second-order valence-corrected chi connectivity index (χ2v) is 11.2. The number of benzene rings is 3. The second kappa shape index (κ2) is 13.1. The summed E-state index contributed by atoms with van der Waals surface area (Å²) in [5.74, 6) is 0.369. The Morgan fingerprint density at radius 3 is 2.44 bits per heavy atom. The molecule has 1 aliphatic rings. The zero-order valence-corrected chi connectivity index (χ0v) is 24.2. The zero-order valence-electron chi connectivity index (χ0n) is 23.3. The van der Waals surface area contributed by atoms with Crippen LogP contribution in [0, 0.1) is 0 Å². The summed E-state index contributed by atoms with van der Waals surface area (Å²) in [4.78, 5) is 31.3. The third-order valence-corrected chi connectivity index (χ3v) is 7.73. The smallest absolute Gasteiger partial charge is 0.255 e. The molecule has 0 aliphatic carbocycles. The fourth-order valence-electron chi connectivity index (χ4n) is 5.08. The van der Waals surface area contributed by atoms with E-state index >= 15 is 0 Å². The number of pyridine rings is 1. The summed E-state index contributed by atoms with van der Waals surface area (Å²) in [6, 6.07) is 24.5. The van der Waals surface area contributed by atoms with E-state index in [2.05, 4.69) is 36.5 Å². The molecule has 5 aromatic rings. The lowest BCUT2D eigenvalue weighted by Gasteiger charge is -2.35. The molecule has 11 heteroatoms. The Morgan fingerprint density at radius 1 is 0.860 bits per heavy atom. The molecule has 0 spiro atoms. The molecule has 0 bridgehead atoms. The number of nitrogens with zero attached hydrogens (tertiary/aromatic N) is 5. The van der Waals surface area contributed by atoms with Gasteiger partial charge in [0.2, 0.25) is 0 Å². The molecule has 1 fully saturated rings.